The van der Waals surface area contributed by atoms with E-state index in [1.807, 2.05) is 12.2 Å². The number of ether oxygens (including phenoxy) is 1. The predicted molar refractivity (Wildman–Crippen MR) is 89.3 cm³/mol. The molecule has 0 aliphatic heterocycles. The van der Waals surface area contributed by atoms with Crippen LogP contribution in [-0.2, 0) is 14.3 Å². The zero-order valence-electron chi connectivity index (χ0n) is 13.1. The van der Waals surface area contributed by atoms with Crippen molar-refractivity contribution in [3.05, 3.63) is 34.3 Å². The number of rotatable bonds is 7. The molecule has 0 aliphatic rings. The van der Waals surface area contributed by atoms with Gasteiger partial charge in [-0.15, -0.1) is 0 Å². The van der Waals surface area contributed by atoms with Crippen molar-refractivity contribution in [2.45, 2.75) is 13.3 Å². The van der Waals surface area contributed by atoms with Crippen molar-refractivity contribution >= 4 is 39.7 Å². The Labute approximate surface area is 147 Å². The highest BCUT2D eigenvalue weighted by molar-refractivity contribution is 9.10. The van der Waals surface area contributed by atoms with Gasteiger partial charge in [0.05, 0.1) is 0 Å². The lowest BCUT2D eigenvalue weighted by Crippen LogP contribution is -2.42. The topological polar surface area (TPSA) is 114 Å². The van der Waals surface area contributed by atoms with E-state index in [9.17, 15) is 19.2 Å². The first-order valence-electron chi connectivity index (χ1n) is 7.19. The molecule has 1 aromatic rings. The number of nitrogens with one attached hydrogen (secondary N) is 3. The molecule has 3 N–H and O–H groups in total. The highest BCUT2D eigenvalue weighted by Gasteiger charge is 2.12. The van der Waals surface area contributed by atoms with Gasteiger partial charge in [0.1, 0.15) is 6.54 Å². The summed E-state index contributed by atoms with van der Waals surface area (Å²) in [6.07, 6.45) is 0.731. The summed E-state index contributed by atoms with van der Waals surface area (Å²) < 4.78 is 5.49. The van der Waals surface area contributed by atoms with Crippen molar-refractivity contribution in [1.29, 1.82) is 0 Å². The van der Waals surface area contributed by atoms with Crippen LogP contribution in [0.4, 0.5) is 4.79 Å². The van der Waals surface area contributed by atoms with Crippen LogP contribution in [0.25, 0.3) is 0 Å². The number of benzene rings is 1. The van der Waals surface area contributed by atoms with E-state index in [0.29, 0.717) is 12.1 Å². The molecule has 24 heavy (non-hydrogen) atoms. The van der Waals surface area contributed by atoms with Gasteiger partial charge >= 0.3 is 12.0 Å². The molecule has 0 atom stereocenters. The lowest BCUT2D eigenvalue weighted by atomic mass is 10.2. The molecule has 0 heterocycles. The maximum atomic E-state index is 11.8. The van der Waals surface area contributed by atoms with Crippen LogP contribution >= 0.6 is 15.9 Å². The lowest BCUT2D eigenvalue weighted by molar-refractivity contribution is -0.147. The molecule has 0 radical (unpaired) electrons. The van der Waals surface area contributed by atoms with Crippen molar-refractivity contribution < 1.29 is 23.9 Å². The number of carbonyl (C=O) groups is 4. The minimum Gasteiger partial charge on any atom is -0.454 e. The molecule has 0 fully saturated rings. The maximum Gasteiger partial charge on any atom is 0.325 e. The van der Waals surface area contributed by atoms with Crippen LogP contribution in [-0.4, -0.2) is 43.5 Å². The van der Waals surface area contributed by atoms with Crippen LogP contribution in [0.3, 0.4) is 0 Å². The van der Waals surface area contributed by atoms with E-state index >= 15 is 0 Å². The Morgan fingerprint density at radius 1 is 1.08 bits per heavy atom. The summed E-state index contributed by atoms with van der Waals surface area (Å²) in [5.74, 6) is -1.98. The molecular formula is C15H18BrN3O5. The summed E-state index contributed by atoms with van der Waals surface area (Å²) in [7, 11) is 0. The Morgan fingerprint density at radius 3 is 2.38 bits per heavy atom. The molecule has 0 aromatic heterocycles. The van der Waals surface area contributed by atoms with Gasteiger partial charge < -0.3 is 15.4 Å². The Bertz CT molecular complexity index is 604. The average molecular weight is 400 g/mol. The standard InChI is InChI=1S/C15H18BrN3O5/c1-2-7-17-15(23)19-12(20)9-24-13(21)8-18-14(22)10-3-5-11(16)6-4-10/h3-6H,2,7-9H2,1H3,(H,18,22)(H2,17,19,20,23). The Balaban J connectivity index is 2.26. The van der Waals surface area contributed by atoms with E-state index in [1.54, 1.807) is 24.3 Å². The first-order valence-corrected chi connectivity index (χ1v) is 7.98. The number of carbonyl (C=O) groups excluding carboxylic acids is 4. The fraction of sp³-hybridized carbons (Fsp3) is 0.333. The van der Waals surface area contributed by atoms with Gasteiger partial charge in [-0.3, -0.25) is 19.7 Å². The van der Waals surface area contributed by atoms with E-state index in [4.69, 9.17) is 0 Å². The first-order chi connectivity index (χ1) is 11.4. The minimum atomic E-state index is -0.787. The zero-order chi connectivity index (χ0) is 17.9. The largest absolute Gasteiger partial charge is 0.454 e. The summed E-state index contributed by atoms with van der Waals surface area (Å²) in [6.45, 7) is 1.31. The number of halogens is 1. The quantitative estimate of drug-likeness (QED) is 0.590. The summed E-state index contributed by atoms with van der Waals surface area (Å²) in [4.78, 5) is 45.8. The van der Waals surface area contributed by atoms with Gasteiger partial charge in [0, 0.05) is 16.6 Å². The highest BCUT2D eigenvalue weighted by atomic mass is 79.9. The third-order valence-electron chi connectivity index (χ3n) is 2.65. The van der Waals surface area contributed by atoms with E-state index in [1.165, 1.54) is 0 Å². The third kappa shape index (κ3) is 7.73. The van der Waals surface area contributed by atoms with Crippen LogP contribution in [0, 0.1) is 0 Å². The van der Waals surface area contributed by atoms with Crippen LogP contribution in [0.5, 0.6) is 0 Å². The van der Waals surface area contributed by atoms with Gasteiger partial charge in [-0.2, -0.15) is 0 Å². The monoisotopic (exact) mass is 399 g/mol. The minimum absolute atomic E-state index is 0.385. The molecule has 0 saturated heterocycles. The molecule has 0 aliphatic carbocycles. The third-order valence-corrected chi connectivity index (χ3v) is 3.18. The van der Waals surface area contributed by atoms with Gasteiger partial charge in [0.2, 0.25) is 0 Å². The van der Waals surface area contributed by atoms with Crippen molar-refractivity contribution in [2.24, 2.45) is 0 Å². The predicted octanol–water partition coefficient (Wildman–Crippen LogP) is 0.958. The zero-order valence-corrected chi connectivity index (χ0v) is 14.6. The molecule has 1 aromatic carbocycles. The van der Waals surface area contributed by atoms with Crippen molar-refractivity contribution in [3.8, 4) is 0 Å². The fourth-order valence-corrected chi connectivity index (χ4v) is 1.76. The molecule has 0 unspecified atom stereocenters. The van der Waals surface area contributed by atoms with Crippen molar-refractivity contribution in [1.82, 2.24) is 16.0 Å². The molecule has 130 valence electrons. The van der Waals surface area contributed by atoms with E-state index < -0.39 is 30.4 Å². The molecule has 1 rings (SSSR count). The van der Waals surface area contributed by atoms with Gasteiger partial charge in [-0.05, 0) is 30.7 Å². The van der Waals surface area contributed by atoms with Gasteiger partial charge in [0.15, 0.2) is 6.61 Å². The maximum absolute atomic E-state index is 11.8. The molecule has 0 saturated carbocycles. The first kappa shape index (κ1) is 19.6. The second kappa shape index (κ2) is 10.4. The molecule has 0 bridgehead atoms. The molecule has 4 amide bonds. The Morgan fingerprint density at radius 2 is 1.75 bits per heavy atom. The highest BCUT2D eigenvalue weighted by Crippen LogP contribution is 2.10. The Hall–Kier alpha value is -2.42. The van der Waals surface area contributed by atoms with Crippen molar-refractivity contribution in [2.75, 3.05) is 19.7 Å². The number of amides is 4. The fourth-order valence-electron chi connectivity index (χ4n) is 1.50. The summed E-state index contributed by atoms with van der Waals surface area (Å²) in [6, 6.07) is 5.92. The number of urea groups is 1. The summed E-state index contributed by atoms with van der Waals surface area (Å²) in [5.41, 5.74) is 0.385. The van der Waals surface area contributed by atoms with Gasteiger partial charge in [-0.25, -0.2) is 4.79 Å². The number of hydrogen-bond donors (Lipinski definition) is 3. The average Bonchev–Trinajstić information content (AvgIpc) is 2.56. The van der Waals surface area contributed by atoms with E-state index in [0.717, 1.165) is 10.9 Å². The molecule has 8 nitrogen and oxygen atoms in total. The number of hydrogen-bond acceptors (Lipinski definition) is 5. The van der Waals surface area contributed by atoms with Crippen LogP contribution in [0.1, 0.15) is 23.7 Å². The molecule has 9 heteroatoms. The molecule has 0 spiro atoms. The summed E-state index contributed by atoms with van der Waals surface area (Å²) >= 11 is 3.25. The van der Waals surface area contributed by atoms with Crippen LogP contribution in [0.2, 0.25) is 0 Å². The van der Waals surface area contributed by atoms with Crippen LogP contribution < -0.4 is 16.0 Å². The Kier molecular flexibility index (Phi) is 8.48. The normalized spacial score (nSPS) is 9.75. The van der Waals surface area contributed by atoms with Gasteiger partial charge in [0.25, 0.3) is 11.8 Å². The van der Waals surface area contributed by atoms with E-state index in [2.05, 4.69) is 31.3 Å². The lowest BCUT2D eigenvalue weighted by Gasteiger charge is -2.07. The second-order valence-electron chi connectivity index (χ2n) is 4.65. The van der Waals surface area contributed by atoms with E-state index in [-0.39, 0.29) is 6.54 Å². The van der Waals surface area contributed by atoms with Crippen molar-refractivity contribution in [3.63, 3.8) is 0 Å². The van der Waals surface area contributed by atoms with Crippen LogP contribution in [0.15, 0.2) is 28.7 Å². The molecular weight excluding hydrogens is 382 g/mol. The SMILES string of the molecule is CCCNC(=O)NC(=O)COC(=O)CNC(=O)c1ccc(Br)cc1. The second-order valence-corrected chi connectivity index (χ2v) is 5.57. The number of imide groups is 1. The van der Waals surface area contributed by atoms with Gasteiger partial charge in [-0.1, -0.05) is 22.9 Å². The summed E-state index contributed by atoms with van der Waals surface area (Å²) in [5, 5.41) is 6.82. The smallest absolute Gasteiger partial charge is 0.325 e. The number of esters is 1.